The quantitative estimate of drug-likeness (QED) is 0.448. The number of carbonyl (C=O) groups is 1. The Hall–Kier alpha value is -3.32. The van der Waals surface area contributed by atoms with Gasteiger partial charge in [-0.3, -0.25) is 9.69 Å². The number of rotatable bonds is 6. The Balaban J connectivity index is 1.70. The zero-order valence-electron chi connectivity index (χ0n) is 20.1. The molecule has 5 rings (SSSR count). The molecule has 2 aliphatic heterocycles. The second-order valence-electron chi connectivity index (χ2n) is 9.46. The van der Waals surface area contributed by atoms with Crippen LogP contribution in [0.2, 0.25) is 0 Å². The van der Waals surface area contributed by atoms with Gasteiger partial charge in [-0.05, 0) is 66.6 Å². The van der Waals surface area contributed by atoms with E-state index >= 15 is 0 Å². The summed E-state index contributed by atoms with van der Waals surface area (Å²) in [5, 5.41) is 28.0. The third-order valence-electron chi connectivity index (χ3n) is 7.23. The molecule has 3 heterocycles. The number of nitrogens with zero attached hydrogens (tertiary/aromatic N) is 2. The number of benzene rings is 2. The zero-order chi connectivity index (χ0) is 24.1. The van der Waals surface area contributed by atoms with E-state index in [4.69, 9.17) is 4.52 Å². The molecule has 0 radical (unpaired) electrons. The first-order chi connectivity index (χ1) is 16.3. The lowest BCUT2D eigenvalue weighted by molar-refractivity contribution is 0.0947. The van der Waals surface area contributed by atoms with E-state index in [9.17, 15) is 15.0 Å². The molecule has 0 aliphatic carbocycles. The first-order valence-corrected chi connectivity index (χ1v) is 12.1. The minimum absolute atomic E-state index is 0.0227. The number of fused-ring (bicyclic) bond motifs is 5. The highest BCUT2D eigenvalue weighted by Gasteiger charge is 2.43. The second-order valence-corrected chi connectivity index (χ2v) is 9.46. The maximum absolute atomic E-state index is 12.9. The average molecular weight is 462 g/mol. The molecule has 1 aromatic heterocycles. The number of amides is 1. The van der Waals surface area contributed by atoms with Crippen LogP contribution in [0.15, 0.2) is 34.9 Å². The molecule has 7 nitrogen and oxygen atoms in total. The monoisotopic (exact) mass is 461 g/mol. The molecular weight excluding hydrogens is 430 g/mol. The van der Waals surface area contributed by atoms with Crippen molar-refractivity contribution in [2.24, 2.45) is 0 Å². The van der Waals surface area contributed by atoms with E-state index in [0.29, 0.717) is 41.1 Å². The van der Waals surface area contributed by atoms with Crippen molar-refractivity contribution in [3.63, 3.8) is 0 Å². The minimum Gasteiger partial charge on any atom is -0.508 e. The Kier molecular flexibility index (Phi) is 5.60. The molecule has 1 amide bonds. The first-order valence-electron chi connectivity index (χ1n) is 12.1. The lowest BCUT2D eigenvalue weighted by atomic mass is 9.88. The van der Waals surface area contributed by atoms with E-state index in [1.165, 1.54) is 23.6 Å². The van der Waals surface area contributed by atoms with E-state index < -0.39 is 0 Å². The predicted octanol–water partition coefficient (Wildman–Crippen LogP) is 5.50. The summed E-state index contributed by atoms with van der Waals surface area (Å²) < 4.78 is 5.72. The zero-order valence-corrected chi connectivity index (χ0v) is 20.1. The SMILES string of the molecule is CCNC(=O)c1noc(-c2cc(C(C)C)c(O)cc2O)c1-c1ccc2c(c1)C1CCC2N1CC. The molecule has 2 bridgehead atoms. The molecule has 3 N–H and O–H groups in total. The molecule has 1 fully saturated rings. The van der Waals surface area contributed by atoms with E-state index in [0.717, 1.165) is 18.5 Å². The maximum atomic E-state index is 12.9. The summed E-state index contributed by atoms with van der Waals surface area (Å²) in [6.45, 7) is 9.44. The molecule has 178 valence electrons. The molecule has 1 saturated heterocycles. The van der Waals surface area contributed by atoms with Gasteiger partial charge in [-0.25, -0.2) is 0 Å². The van der Waals surface area contributed by atoms with Gasteiger partial charge in [-0.15, -0.1) is 0 Å². The second kappa shape index (κ2) is 8.47. The van der Waals surface area contributed by atoms with Gasteiger partial charge in [0, 0.05) is 24.7 Å². The van der Waals surface area contributed by atoms with Crippen molar-refractivity contribution >= 4 is 5.91 Å². The van der Waals surface area contributed by atoms with Gasteiger partial charge in [0.25, 0.3) is 5.91 Å². The lowest BCUT2D eigenvalue weighted by Gasteiger charge is -2.19. The van der Waals surface area contributed by atoms with Crippen LogP contribution < -0.4 is 5.32 Å². The number of hydrogen-bond acceptors (Lipinski definition) is 6. The predicted molar refractivity (Wildman–Crippen MR) is 130 cm³/mol. The molecule has 2 atom stereocenters. The Bertz CT molecular complexity index is 1260. The largest absolute Gasteiger partial charge is 0.508 e. The fraction of sp³-hybridized carbons (Fsp3) is 0.407. The van der Waals surface area contributed by atoms with E-state index in [1.54, 1.807) is 6.07 Å². The number of hydrogen-bond donors (Lipinski definition) is 3. The van der Waals surface area contributed by atoms with E-state index in [1.807, 2.05) is 26.8 Å². The van der Waals surface area contributed by atoms with Crippen LogP contribution in [-0.2, 0) is 0 Å². The topological polar surface area (TPSA) is 98.8 Å². The summed E-state index contributed by atoms with van der Waals surface area (Å²) in [6.07, 6.45) is 2.30. The average Bonchev–Trinajstić information content (AvgIpc) is 3.50. The molecular formula is C27H31N3O4. The fourth-order valence-electron chi connectivity index (χ4n) is 5.68. The normalized spacial score (nSPS) is 19.1. The number of aromatic nitrogens is 1. The summed E-state index contributed by atoms with van der Waals surface area (Å²) >= 11 is 0. The number of aromatic hydroxyl groups is 2. The third kappa shape index (κ3) is 3.38. The molecule has 7 heteroatoms. The van der Waals surface area contributed by atoms with Crippen molar-refractivity contribution in [1.82, 2.24) is 15.4 Å². The Morgan fingerprint density at radius 1 is 1.12 bits per heavy atom. The van der Waals surface area contributed by atoms with Crippen LogP contribution in [0.5, 0.6) is 11.5 Å². The highest BCUT2D eigenvalue weighted by molar-refractivity contribution is 6.02. The molecule has 0 spiro atoms. The Morgan fingerprint density at radius 3 is 2.53 bits per heavy atom. The van der Waals surface area contributed by atoms with Gasteiger partial charge in [0.2, 0.25) is 0 Å². The summed E-state index contributed by atoms with van der Waals surface area (Å²) in [6, 6.07) is 10.2. The number of phenols is 2. The van der Waals surface area contributed by atoms with Gasteiger partial charge in [0.05, 0.1) is 11.1 Å². The highest BCUT2D eigenvalue weighted by Crippen LogP contribution is 2.54. The summed E-state index contributed by atoms with van der Waals surface area (Å²) in [4.78, 5) is 15.4. The Labute approximate surface area is 199 Å². The maximum Gasteiger partial charge on any atom is 0.274 e. The van der Waals surface area contributed by atoms with Crippen molar-refractivity contribution < 1.29 is 19.5 Å². The Morgan fingerprint density at radius 2 is 1.85 bits per heavy atom. The van der Waals surface area contributed by atoms with Gasteiger partial charge in [0.15, 0.2) is 11.5 Å². The van der Waals surface area contributed by atoms with Gasteiger partial charge in [-0.1, -0.05) is 38.1 Å². The van der Waals surface area contributed by atoms with Crippen molar-refractivity contribution in [3.05, 3.63) is 52.7 Å². The lowest BCUT2D eigenvalue weighted by Crippen LogP contribution is -2.23. The van der Waals surface area contributed by atoms with Crippen molar-refractivity contribution in [1.29, 1.82) is 0 Å². The van der Waals surface area contributed by atoms with Crippen molar-refractivity contribution in [2.75, 3.05) is 13.1 Å². The fourth-order valence-corrected chi connectivity index (χ4v) is 5.68. The van der Waals surface area contributed by atoms with Gasteiger partial charge >= 0.3 is 0 Å². The van der Waals surface area contributed by atoms with Crippen LogP contribution in [-0.4, -0.2) is 39.3 Å². The van der Waals surface area contributed by atoms with Crippen molar-refractivity contribution in [2.45, 2.75) is 58.5 Å². The number of carbonyl (C=O) groups excluding carboxylic acids is 1. The summed E-state index contributed by atoms with van der Waals surface area (Å²) in [7, 11) is 0. The minimum atomic E-state index is -0.327. The molecule has 34 heavy (non-hydrogen) atoms. The number of nitrogens with one attached hydrogen (secondary N) is 1. The van der Waals surface area contributed by atoms with Crippen LogP contribution in [0, 0.1) is 0 Å². The summed E-state index contributed by atoms with van der Waals surface area (Å²) in [5.74, 6) is -0.0825. The third-order valence-corrected chi connectivity index (χ3v) is 7.23. The van der Waals surface area contributed by atoms with Crippen LogP contribution in [0.1, 0.15) is 85.7 Å². The van der Waals surface area contributed by atoms with E-state index in [2.05, 4.69) is 34.4 Å². The molecule has 2 aromatic carbocycles. The first kappa shape index (κ1) is 22.5. The van der Waals surface area contributed by atoms with E-state index in [-0.39, 0.29) is 29.0 Å². The molecule has 2 aliphatic rings. The molecule has 3 aromatic rings. The van der Waals surface area contributed by atoms with Crippen LogP contribution in [0.4, 0.5) is 0 Å². The van der Waals surface area contributed by atoms with Crippen molar-refractivity contribution in [3.8, 4) is 33.9 Å². The van der Waals surface area contributed by atoms with Crippen LogP contribution in [0.25, 0.3) is 22.5 Å². The number of phenolic OH excluding ortho intramolecular Hbond substituents is 2. The highest BCUT2D eigenvalue weighted by atomic mass is 16.5. The summed E-state index contributed by atoms with van der Waals surface area (Å²) in [5.41, 5.74) is 5.30. The van der Waals surface area contributed by atoms with Gasteiger partial charge in [0.1, 0.15) is 11.5 Å². The van der Waals surface area contributed by atoms with Crippen LogP contribution in [0.3, 0.4) is 0 Å². The van der Waals surface area contributed by atoms with Crippen LogP contribution >= 0.6 is 0 Å². The smallest absolute Gasteiger partial charge is 0.274 e. The molecule has 0 saturated carbocycles. The standard InChI is InChI=1S/C27H31N3O4/c1-5-28-27(33)25-24(15-7-8-16-18(11-15)21-10-9-20(16)30(21)6-2)26(34-29-25)19-12-17(14(3)4)22(31)13-23(19)32/h7-8,11-14,20-21,31-32H,5-6,9-10H2,1-4H3,(H,28,33). The van der Waals surface area contributed by atoms with Gasteiger partial charge in [-0.2, -0.15) is 0 Å². The molecule has 2 unspecified atom stereocenters. The van der Waals surface area contributed by atoms with Gasteiger partial charge < -0.3 is 20.1 Å².